The standard InChI is InChI=1S/C25H23FN2O4/c1-16(27)31-24(29)21-4-2-3-20(13-21)18-7-5-17(6-8-18)14-28-15-23(32-25(28)30)19-9-11-22(26)12-10-19/h2-13,16,23H,14-15,27H2,1H3. The molecule has 164 valence electrons. The molecule has 1 heterocycles. The lowest BCUT2D eigenvalue weighted by Gasteiger charge is -2.14. The Bertz CT molecular complexity index is 1110. The molecular formula is C25H23FN2O4. The van der Waals surface area contributed by atoms with Gasteiger partial charge in [0.1, 0.15) is 18.1 Å². The summed E-state index contributed by atoms with van der Waals surface area (Å²) in [6.07, 6.45) is -1.49. The smallest absolute Gasteiger partial charge is 0.410 e. The van der Waals surface area contributed by atoms with E-state index in [2.05, 4.69) is 0 Å². The van der Waals surface area contributed by atoms with E-state index in [1.165, 1.54) is 12.1 Å². The lowest BCUT2D eigenvalue weighted by atomic mass is 10.0. The Kier molecular flexibility index (Phi) is 6.18. The van der Waals surface area contributed by atoms with Crippen LogP contribution in [0.15, 0.2) is 72.8 Å². The maximum Gasteiger partial charge on any atom is 0.410 e. The van der Waals surface area contributed by atoms with Crippen LogP contribution in [0, 0.1) is 5.82 Å². The van der Waals surface area contributed by atoms with Gasteiger partial charge in [0.25, 0.3) is 0 Å². The fraction of sp³-hybridized carbons (Fsp3) is 0.200. The largest absolute Gasteiger partial charge is 0.444 e. The van der Waals surface area contributed by atoms with Gasteiger partial charge in [-0.1, -0.05) is 48.5 Å². The number of amides is 1. The minimum Gasteiger partial charge on any atom is -0.444 e. The highest BCUT2D eigenvalue weighted by Crippen LogP contribution is 2.28. The second-order valence-electron chi connectivity index (χ2n) is 7.69. The van der Waals surface area contributed by atoms with Crippen LogP contribution in [0.4, 0.5) is 9.18 Å². The van der Waals surface area contributed by atoms with E-state index in [0.717, 1.165) is 22.3 Å². The second kappa shape index (κ2) is 9.20. The van der Waals surface area contributed by atoms with Gasteiger partial charge in [0, 0.05) is 6.54 Å². The maximum absolute atomic E-state index is 13.1. The van der Waals surface area contributed by atoms with Gasteiger partial charge in [-0.15, -0.1) is 0 Å². The number of halogens is 1. The molecular weight excluding hydrogens is 411 g/mol. The van der Waals surface area contributed by atoms with Crippen molar-refractivity contribution in [2.24, 2.45) is 5.73 Å². The molecule has 1 saturated heterocycles. The van der Waals surface area contributed by atoms with Crippen LogP contribution in [0.5, 0.6) is 0 Å². The van der Waals surface area contributed by atoms with Crippen molar-refractivity contribution in [3.05, 3.63) is 95.3 Å². The van der Waals surface area contributed by atoms with Crippen LogP contribution in [0.25, 0.3) is 11.1 Å². The fourth-order valence-corrected chi connectivity index (χ4v) is 3.57. The second-order valence-corrected chi connectivity index (χ2v) is 7.69. The molecule has 0 spiro atoms. The Morgan fingerprint density at radius 2 is 1.84 bits per heavy atom. The van der Waals surface area contributed by atoms with Gasteiger partial charge in [-0.3, -0.25) is 10.6 Å². The van der Waals surface area contributed by atoms with Gasteiger partial charge in [-0.05, 0) is 53.4 Å². The average Bonchev–Trinajstić information content (AvgIpc) is 3.14. The number of cyclic esters (lactones) is 1. The molecule has 0 aliphatic carbocycles. The summed E-state index contributed by atoms with van der Waals surface area (Å²) in [7, 11) is 0. The molecule has 2 atom stereocenters. The van der Waals surface area contributed by atoms with Gasteiger partial charge in [0.05, 0.1) is 12.1 Å². The molecule has 1 fully saturated rings. The summed E-state index contributed by atoms with van der Waals surface area (Å²) in [4.78, 5) is 26.0. The van der Waals surface area contributed by atoms with E-state index in [9.17, 15) is 14.0 Å². The number of carbonyl (C=O) groups excluding carboxylic acids is 2. The van der Waals surface area contributed by atoms with E-state index in [1.54, 1.807) is 42.2 Å². The average molecular weight is 434 g/mol. The number of nitrogens with two attached hydrogens (primary N) is 1. The van der Waals surface area contributed by atoms with Crippen LogP contribution in [-0.2, 0) is 16.0 Å². The third kappa shape index (κ3) is 4.95. The summed E-state index contributed by atoms with van der Waals surface area (Å²) in [6, 6.07) is 20.8. The highest BCUT2D eigenvalue weighted by atomic mass is 19.1. The molecule has 7 heteroatoms. The molecule has 4 rings (SSSR count). The van der Waals surface area contributed by atoms with E-state index in [0.29, 0.717) is 18.7 Å². The molecule has 6 nitrogen and oxygen atoms in total. The van der Waals surface area contributed by atoms with Crippen molar-refractivity contribution in [2.45, 2.75) is 25.8 Å². The van der Waals surface area contributed by atoms with Gasteiger partial charge in [0.15, 0.2) is 0 Å². The molecule has 0 saturated carbocycles. The van der Waals surface area contributed by atoms with Crippen molar-refractivity contribution in [1.29, 1.82) is 0 Å². The minimum atomic E-state index is -0.676. The van der Waals surface area contributed by atoms with Crippen molar-refractivity contribution in [3.8, 4) is 11.1 Å². The summed E-state index contributed by atoms with van der Waals surface area (Å²) in [5, 5.41) is 0. The highest BCUT2D eigenvalue weighted by Gasteiger charge is 2.32. The zero-order valence-corrected chi connectivity index (χ0v) is 17.5. The molecule has 0 radical (unpaired) electrons. The van der Waals surface area contributed by atoms with Crippen molar-refractivity contribution in [1.82, 2.24) is 4.90 Å². The number of rotatable bonds is 6. The first-order valence-corrected chi connectivity index (χ1v) is 10.3. The van der Waals surface area contributed by atoms with Gasteiger partial charge < -0.3 is 9.47 Å². The number of hydrogen-bond donors (Lipinski definition) is 1. The summed E-state index contributed by atoms with van der Waals surface area (Å²) in [5.74, 6) is -0.798. The monoisotopic (exact) mass is 434 g/mol. The molecule has 2 unspecified atom stereocenters. The Balaban J connectivity index is 1.43. The number of ether oxygens (including phenoxy) is 2. The number of esters is 1. The van der Waals surface area contributed by atoms with Gasteiger partial charge in [0.2, 0.25) is 0 Å². The topological polar surface area (TPSA) is 81.9 Å². The van der Waals surface area contributed by atoms with E-state index >= 15 is 0 Å². The summed E-state index contributed by atoms with van der Waals surface area (Å²) < 4.78 is 23.6. The summed E-state index contributed by atoms with van der Waals surface area (Å²) in [5.41, 5.74) is 9.46. The van der Waals surface area contributed by atoms with Crippen LogP contribution in [0.1, 0.15) is 34.5 Å². The quantitative estimate of drug-likeness (QED) is 0.451. The molecule has 32 heavy (non-hydrogen) atoms. The summed E-state index contributed by atoms with van der Waals surface area (Å²) in [6.45, 7) is 2.39. The predicted molar refractivity (Wildman–Crippen MR) is 117 cm³/mol. The Labute approximate surface area is 185 Å². The van der Waals surface area contributed by atoms with Crippen molar-refractivity contribution in [3.63, 3.8) is 0 Å². The molecule has 2 N–H and O–H groups in total. The van der Waals surface area contributed by atoms with Crippen LogP contribution >= 0.6 is 0 Å². The first-order chi connectivity index (χ1) is 15.4. The van der Waals surface area contributed by atoms with Crippen molar-refractivity contribution in [2.75, 3.05) is 6.54 Å². The van der Waals surface area contributed by atoms with Crippen LogP contribution < -0.4 is 5.73 Å². The summed E-state index contributed by atoms with van der Waals surface area (Å²) >= 11 is 0. The maximum atomic E-state index is 13.1. The van der Waals surface area contributed by atoms with E-state index < -0.39 is 24.4 Å². The number of benzene rings is 3. The van der Waals surface area contributed by atoms with Gasteiger partial charge >= 0.3 is 12.1 Å². The molecule has 3 aromatic rings. The third-order valence-corrected chi connectivity index (χ3v) is 5.18. The number of nitrogens with zero attached hydrogens (tertiary/aromatic N) is 1. The van der Waals surface area contributed by atoms with Crippen LogP contribution in [0.2, 0.25) is 0 Å². The first kappa shape index (κ1) is 21.5. The predicted octanol–water partition coefficient (Wildman–Crippen LogP) is 4.65. The van der Waals surface area contributed by atoms with Gasteiger partial charge in [-0.2, -0.15) is 0 Å². The Morgan fingerprint density at radius 1 is 1.12 bits per heavy atom. The van der Waals surface area contributed by atoms with E-state index in [1.807, 2.05) is 30.3 Å². The van der Waals surface area contributed by atoms with Crippen molar-refractivity contribution < 1.29 is 23.5 Å². The molecule has 3 aromatic carbocycles. The SMILES string of the molecule is CC(N)OC(=O)c1cccc(-c2ccc(CN3CC(c4ccc(F)cc4)OC3=O)cc2)c1. The number of carbonyl (C=O) groups is 2. The molecule has 1 aliphatic heterocycles. The minimum absolute atomic E-state index is 0.327. The fourth-order valence-electron chi connectivity index (χ4n) is 3.57. The van der Waals surface area contributed by atoms with Gasteiger partial charge in [-0.25, -0.2) is 14.0 Å². The number of hydrogen-bond acceptors (Lipinski definition) is 5. The molecule has 1 amide bonds. The normalized spacial score (nSPS) is 16.5. The van der Waals surface area contributed by atoms with Crippen molar-refractivity contribution >= 4 is 12.1 Å². The first-order valence-electron chi connectivity index (χ1n) is 10.3. The zero-order valence-electron chi connectivity index (χ0n) is 17.5. The lowest BCUT2D eigenvalue weighted by Crippen LogP contribution is -2.23. The van der Waals surface area contributed by atoms with Crippen LogP contribution in [-0.4, -0.2) is 29.7 Å². The van der Waals surface area contributed by atoms with E-state index in [4.69, 9.17) is 15.2 Å². The van der Waals surface area contributed by atoms with E-state index in [-0.39, 0.29) is 5.82 Å². The molecule has 0 bridgehead atoms. The third-order valence-electron chi connectivity index (χ3n) is 5.18. The zero-order chi connectivity index (χ0) is 22.7. The highest BCUT2D eigenvalue weighted by molar-refractivity contribution is 5.91. The molecule has 0 aromatic heterocycles. The van der Waals surface area contributed by atoms with Crippen LogP contribution in [0.3, 0.4) is 0 Å². The lowest BCUT2D eigenvalue weighted by molar-refractivity contribution is 0.0355. The Hall–Kier alpha value is -3.71. The Morgan fingerprint density at radius 3 is 2.53 bits per heavy atom. The molecule has 1 aliphatic rings.